The van der Waals surface area contributed by atoms with Gasteiger partial charge in [0.05, 0.1) is 17.2 Å². The molecule has 0 saturated carbocycles. The lowest BCUT2D eigenvalue weighted by Crippen LogP contribution is -2.08. The molecular formula is C22H13BrFNO2. The Labute approximate surface area is 164 Å². The highest BCUT2D eigenvalue weighted by molar-refractivity contribution is 9.10. The van der Waals surface area contributed by atoms with E-state index >= 15 is 0 Å². The summed E-state index contributed by atoms with van der Waals surface area (Å²) >= 11 is 3.31. The van der Waals surface area contributed by atoms with Crippen molar-refractivity contribution in [2.75, 3.05) is 0 Å². The summed E-state index contributed by atoms with van der Waals surface area (Å²) in [6, 6.07) is 21.7. The molecule has 0 bridgehead atoms. The van der Waals surface area contributed by atoms with Gasteiger partial charge in [-0.1, -0.05) is 52.3 Å². The maximum Gasteiger partial charge on any atom is 0.343 e. The maximum absolute atomic E-state index is 13.9. The molecule has 0 radical (unpaired) electrons. The number of carbonyl (C=O) groups is 1. The van der Waals surface area contributed by atoms with Gasteiger partial charge >= 0.3 is 5.97 Å². The van der Waals surface area contributed by atoms with Crippen LogP contribution in [0.3, 0.4) is 0 Å². The predicted molar refractivity (Wildman–Crippen MR) is 105 cm³/mol. The van der Waals surface area contributed by atoms with Gasteiger partial charge < -0.3 is 4.74 Å². The molecule has 3 nitrogen and oxygen atoms in total. The molecule has 27 heavy (non-hydrogen) atoms. The minimum atomic E-state index is -0.493. The number of ether oxygens (including phenoxy) is 1. The summed E-state index contributed by atoms with van der Waals surface area (Å²) in [4.78, 5) is 12.3. The van der Waals surface area contributed by atoms with Crippen LogP contribution in [-0.4, -0.2) is 5.97 Å². The first-order chi connectivity index (χ1) is 13.1. The molecule has 0 aliphatic carbocycles. The van der Waals surface area contributed by atoms with Crippen molar-refractivity contribution < 1.29 is 13.9 Å². The number of nitriles is 1. The monoisotopic (exact) mass is 421 g/mol. The van der Waals surface area contributed by atoms with Gasteiger partial charge in [-0.25, -0.2) is 9.18 Å². The van der Waals surface area contributed by atoms with Gasteiger partial charge in [0.2, 0.25) is 0 Å². The number of benzene rings is 3. The van der Waals surface area contributed by atoms with Crippen LogP contribution in [0.5, 0.6) is 5.75 Å². The fourth-order valence-corrected chi connectivity index (χ4v) is 2.87. The van der Waals surface area contributed by atoms with E-state index in [0.29, 0.717) is 16.9 Å². The SMILES string of the molecule is N#C/C(=C/c1cccc(OC(=O)c2cccc(Br)c2)c1)c1ccccc1F. The third-order valence-electron chi connectivity index (χ3n) is 3.72. The van der Waals surface area contributed by atoms with Crippen LogP contribution in [0.4, 0.5) is 4.39 Å². The van der Waals surface area contributed by atoms with E-state index in [1.54, 1.807) is 66.7 Å². The van der Waals surface area contributed by atoms with E-state index < -0.39 is 11.8 Å². The molecule has 3 rings (SSSR count). The third kappa shape index (κ3) is 4.69. The highest BCUT2D eigenvalue weighted by atomic mass is 79.9. The van der Waals surface area contributed by atoms with Crippen LogP contribution in [0.2, 0.25) is 0 Å². The van der Waals surface area contributed by atoms with Gasteiger partial charge in [0, 0.05) is 10.0 Å². The standard InChI is InChI=1S/C22H13BrFNO2/c23-18-7-4-6-16(13-18)22(26)27-19-8-3-5-15(12-19)11-17(14-25)20-9-1-2-10-21(20)24/h1-13H/b17-11-. The number of carbonyl (C=O) groups excluding carboxylic acids is 1. The number of allylic oxidation sites excluding steroid dienone is 1. The zero-order chi connectivity index (χ0) is 19.2. The average Bonchev–Trinajstić information content (AvgIpc) is 2.67. The zero-order valence-corrected chi connectivity index (χ0v) is 15.6. The minimum absolute atomic E-state index is 0.184. The second kappa shape index (κ2) is 8.43. The Kier molecular flexibility index (Phi) is 5.80. The molecule has 0 aromatic heterocycles. The lowest BCUT2D eigenvalue weighted by Gasteiger charge is -2.06. The summed E-state index contributed by atoms with van der Waals surface area (Å²) in [5, 5.41) is 9.38. The number of nitrogens with zero attached hydrogens (tertiary/aromatic N) is 1. The number of halogens is 2. The molecule has 0 fully saturated rings. The topological polar surface area (TPSA) is 50.1 Å². The van der Waals surface area contributed by atoms with Crippen LogP contribution >= 0.6 is 15.9 Å². The van der Waals surface area contributed by atoms with E-state index in [4.69, 9.17) is 4.74 Å². The lowest BCUT2D eigenvalue weighted by molar-refractivity contribution is 0.0734. The molecule has 0 heterocycles. The fraction of sp³-hybridized carbons (Fsp3) is 0. The lowest BCUT2D eigenvalue weighted by atomic mass is 10.0. The summed E-state index contributed by atoms with van der Waals surface area (Å²) in [6.45, 7) is 0. The normalized spacial score (nSPS) is 10.9. The van der Waals surface area contributed by atoms with Crippen molar-refractivity contribution in [2.24, 2.45) is 0 Å². The Bertz CT molecular complexity index is 1070. The van der Waals surface area contributed by atoms with Crippen LogP contribution in [0.25, 0.3) is 11.6 Å². The molecule has 3 aromatic carbocycles. The second-order valence-corrected chi connectivity index (χ2v) is 6.54. The van der Waals surface area contributed by atoms with Crippen LogP contribution in [0.1, 0.15) is 21.5 Å². The molecule has 5 heteroatoms. The minimum Gasteiger partial charge on any atom is -0.423 e. The molecule has 3 aromatic rings. The molecule has 0 N–H and O–H groups in total. The van der Waals surface area contributed by atoms with Crippen LogP contribution in [0.15, 0.2) is 77.3 Å². The van der Waals surface area contributed by atoms with E-state index in [2.05, 4.69) is 15.9 Å². The molecule has 0 amide bonds. The van der Waals surface area contributed by atoms with Crippen LogP contribution in [-0.2, 0) is 0 Å². The van der Waals surface area contributed by atoms with Crippen molar-refractivity contribution in [3.63, 3.8) is 0 Å². The van der Waals surface area contributed by atoms with E-state index in [9.17, 15) is 14.4 Å². The van der Waals surface area contributed by atoms with E-state index in [1.807, 2.05) is 12.1 Å². The first-order valence-electron chi connectivity index (χ1n) is 8.01. The van der Waals surface area contributed by atoms with Crippen molar-refractivity contribution >= 4 is 33.5 Å². The summed E-state index contributed by atoms with van der Waals surface area (Å²) in [6.07, 6.45) is 1.55. The Morgan fingerprint density at radius 2 is 1.81 bits per heavy atom. The quantitative estimate of drug-likeness (QED) is 0.229. The van der Waals surface area contributed by atoms with Gasteiger partial charge in [0.25, 0.3) is 0 Å². The van der Waals surface area contributed by atoms with E-state index in [0.717, 1.165) is 4.47 Å². The van der Waals surface area contributed by atoms with Gasteiger partial charge in [-0.2, -0.15) is 5.26 Å². The molecule has 0 unspecified atom stereocenters. The Morgan fingerprint density at radius 1 is 1.04 bits per heavy atom. The van der Waals surface area contributed by atoms with Gasteiger partial charge in [0.1, 0.15) is 11.6 Å². The molecule has 0 saturated heterocycles. The summed E-state index contributed by atoms with van der Waals surface area (Å²) in [5.74, 6) is -0.630. The van der Waals surface area contributed by atoms with Crippen LogP contribution in [0, 0.1) is 17.1 Å². The number of hydrogen-bond acceptors (Lipinski definition) is 3. The smallest absolute Gasteiger partial charge is 0.343 e. The van der Waals surface area contributed by atoms with Crippen molar-refractivity contribution in [1.82, 2.24) is 0 Å². The third-order valence-corrected chi connectivity index (χ3v) is 4.22. The van der Waals surface area contributed by atoms with Gasteiger partial charge in [-0.05, 0) is 48.0 Å². The molecule has 0 spiro atoms. The molecule has 132 valence electrons. The van der Waals surface area contributed by atoms with Crippen molar-refractivity contribution in [3.8, 4) is 11.8 Å². The number of hydrogen-bond donors (Lipinski definition) is 0. The molecule has 0 aliphatic rings. The van der Waals surface area contributed by atoms with E-state index in [-0.39, 0.29) is 11.1 Å². The molecule has 0 aliphatic heterocycles. The first kappa shape index (κ1) is 18.6. The van der Waals surface area contributed by atoms with Crippen molar-refractivity contribution in [1.29, 1.82) is 5.26 Å². The van der Waals surface area contributed by atoms with Crippen molar-refractivity contribution in [2.45, 2.75) is 0 Å². The Balaban J connectivity index is 1.86. The van der Waals surface area contributed by atoms with Gasteiger partial charge in [0.15, 0.2) is 0 Å². The van der Waals surface area contributed by atoms with Gasteiger partial charge in [-0.3, -0.25) is 0 Å². The van der Waals surface area contributed by atoms with E-state index in [1.165, 1.54) is 6.07 Å². The summed E-state index contributed by atoms with van der Waals surface area (Å²) in [5.41, 5.74) is 1.43. The Morgan fingerprint density at radius 3 is 2.56 bits per heavy atom. The predicted octanol–water partition coefficient (Wildman–Crippen LogP) is 5.87. The second-order valence-electron chi connectivity index (χ2n) is 5.62. The highest BCUT2D eigenvalue weighted by Crippen LogP contribution is 2.23. The summed E-state index contributed by atoms with van der Waals surface area (Å²) in [7, 11) is 0. The first-order valence-corrected chi connectivity index (χ1v) is 8.80. The number of esters is 1. The highest BCUT2D eigenvalue weighted by Gasteiger charge is 2.10. The Hall–Kier alpha value is -3.23. The fourth-order valence-electron chi connectivity index (χ4n) is 2.47. The zero-order valence-electron chi connectivity index (χ0n) is 14.0. The molecule has 0 atom stereocenters. The largest absolute Gasteiger partial charge is 0.423 e. The average molecular weight is 422 g/mol. The van der Waals surface area contributed by atoms with Gasteiger partial charge in [-0.15, -0.1) is 0 Å². The molecular weight excluding hydrogens is 409 g/mol. The van der Waals surface area contributed by atoms with Crippen molar-refractivity contribution in [3.05, 3.63) is 99.8 Å². The summed E-state index contributed by atoms with van der Waals surface area (Å²) < 4.78 is 20.1. The van der Waals surface area contributed by atoms with Crippen LogP contribution < -0.4 is 4.74 Å². The maximum atomic E-state index is 13.9. The number of rotatable bonds is 4.